The molecule has 0 unspecified atom stereocenters. The number of rotatable bonds is 1. The Hall–Kier alpha value is -1.36. The summed E-state index contributed by atoms with van der Waals surface area (Å²) in [7, 11) is 2.10. The number of hydrogen-bond donors (Lipinski definition) is 1. The van der Waals surface area contributed by atoms with Crippen LogP contribution in [0.3, 0.4) is 0 Å². The van der Waals surface area contributed by atoms with Crippen molar-refractivity contribution in [2.75, 3.05) is 38.1 Å². The molecule has 0 aliphatic carbocycles. The minimum absolute atomic E-state index is 0.138. The van der Waals surface area contributed by atoms with Gasteiger partial charge in [-0.25, -0.2) is 0 Å². The van der Waals surface area contributed by atoms with Crippen molar-refractivity contribution in [2.24, 2.45) is 0 Å². The van der Waals surface area contributed by atoms with Gasteiger partial charge in [0.15, 0.2) is 0 Å². The highest BCUT2D eigenvalue weighted by molar-refractivity contribution is 5.35. The van der Waals surface area contributed by atoms with E-state index >= 15 is 0 Å². The Morgan fingerprint density at radius 3 is 2.64 bits per heavy atom. The van der Waals surface area contributed by atoms with Crippen molar-refractivity contribution in [3.05, 3.63) is 22.7 Å². The van der Waals surface area contributed by atoms with E-state index < -0.39 is 0 Å². The maximum atomic E-state index is 11.0. The molecule has 1 aliphatic heterocycles. The number of piperazine rings is 1. The fraction of sp³-hybridized carbons (Fsp3) is 0.556. The SMILES string of the molecule is CN1CCN(c2cncc(=O)[nH]2)CC1. The predicted octanol–water partition coefficient (Wildman–Crippen LogP) is -0.478. The van der Waals surface area contributed by atoms with Crippen LogP contribution in [-0.2, 0) is 0 Å². The van der Waals surface area contributed by atoms with Crippen molar-refractivity contribution in [2.45, 2.75) is 0 Å². The van der Waals surface area contributed by atoms with E-state index in [-0.39, 0.29) is 5.56 Å². The average Bonchev–Trinajstić information content (AvgIpc) is 2.19. The molecule has 0 bridgehead atoms. The van der Waals surface area contributed by atoms with Crippen LogP contribution >= 0.6 is 0 Å². The summed E-state index contributed by atoms with van der Waals surface area (Å²) in [5.74, 6) is 0.825. The standard InChI is InChI=1S/C9H14N4O/c1-12-2-4-13(5-3-12)8-6-10-7-9(14)11-8/h6-7H,2-5H2,1H3,(H,11,14). The lowest BCUT2D eigenvalue weighted by Crippen LogP contribution is -2.45. The Morgan fingerprint density at radius 1 is 1.29 bits per heavy atom. The first-order valence-corrected chi connectivity index (χ1v) is 4.73. The summed E-state index contributed by atoms with van der Waals surface area (Å²) < 4.78 is 0. The van der Waals surface area contributed by atoms with E-state index in [0.29, 0.717) is 0 Å². The van der Waals surface area contributed by atoms with Gasteiger partial charge in [-0.3, -0.25) is 9.78 Å². The van der Waals surface area contributed by atoms with Crippen LogP contribution in [0.25, 0.3) is 0 Å². The Bertz CT molecular complexity index is 354. The van der Waals surface area contributed by atoms with Crippen molar-refractivity contribution in [3.63, 3.8) is 0 Å². The molecule has 1 aromatic rings. The highest BCUT2D eigenvalue weighted by Gasteiger charge is 2.14. The van der Waals surface area contributed by atoms with Crippen molar-refractivity contribution < 1.29 is 0 Å². The molecule has 0 radical (unpaired) electrons. The van der Waals surface area contributed by atoms with E-state index in [1.165, 1.54) is 6.20 Å². The first-order chi connectivity index (χ1) is 6.75. The number of aromatic nitrogens is 2. The Morgan fingerprint density at radius 2 is 2.00 bits per heavy atom. The second-order valence-electron chi connectivity index (χ2n) is 3.57. The molecule has 1 N–H and O–H groups in total. The lowest BCUT2D eigenvalue weighted by atomic mass is 10.3. The number of anilines is 1. The van der Waals surface area contributed by atoms with Crippen LogP contribution in [0.5, 0.6) is 0 Å². The van der Waals surface area contributed by atoms with Crippen molar-refractivity contribution in [3.8, 4) is 0 Å². The molecule has 5 heteroatoms. The summed E-state index contributed by atoms with van der Waals surface area (Å²) in [5, 5.41) is 0. The monoisotopic (exact) mass is 194 g/mol. The van der Waals surface area contributed by atoms with Gasteiger partial charge in [0.2, 0.25) is 0 Å². The van der Waals surface area contributed by atoms with Crippen molar-refractivity contribution >= 4 is 5.82 Å². The van der Waals surface area contributed by atoms with Gasteiger partial charge in [-0.2, -0.15) is 0 Å². The fourth-order valence-electron chi connectivity index (χ4n) is 1.57. The lowest BCUT2D eigenvalue weighted by Gasteiger charge is -2.33. The van der Waals surface area contributed by atoms with Crippen LogP contribution in [-0.4, -0.2) is 48.1 Å². The third-order valence-electron chi connectivity index (χ3n) is 2.48. The minimum atomic E-state index is -0.138. The first-order valence-electron chi connectivity index (χ1n) is 4.73. The number of aromatic amines is 1. The molecule has 1 aromatic heterocycles. The fourth-order valence-corrected chi connectivity index (χ4v) is 1.57. The van der Waals surface area contributed by atoms with Crippen LogP contribution in [0.4, 0.5) is 5.82 Å². The van der Waals surface area contributed by atoms with Gasteiger partial charge in [0.1, 0.15) is 5.82 Å². The maximum Gasteiger partial charge on any atom is 0.267 e. The van der Waals surface area contributed by atoms with Gasteiger partial charge < -0.3 is 14.8 Å². The quantitative estimate of drug-likeness (QED) is 0.656. The smallest absolute Gasteiger partial charge is 0.267 e. The van der Waals surface area contributed by atoms with E-state index in [1.54, 1.807) is 6.20 Å². The molecule has 0 atom stereocenters. The molecule has 1 saturated heterocycles. The molecule has 2 heterocycles. The summed E-state index contributed by atoms with van der Waals surface area (Å²) in [4.78, 5) is 22.1. The molecule has 5 nitrogen and oxygen atoms in total. The Balaban J connectivity index is 2.12. The van der Waals surface area contributed by atoms with Gasteiger partial charge in [-0.1, -0.05) is 0 Å². The third kappa shape index (κ3) is 1.93. The summed E-state index contributed by atoms with van der Waals surface area (Å²) in [6.45, 7) is 3.93. The third-order valence-corrected chi connectivity index (χ3v) is 2.48. The van der Waals surface area contributed by atoms with Crippen LogP contribution in [0.15, 0.2) is 17.2 Å². The molecule has 0 amide bonds. The van der Waals surface area contributed by atoms with Gasteiger partial charge in [-0.15, -0.1) is 0 Å². The van der Waals surface area contributed by atoms with Crippen LogP contribution in [0.1, 0.15) is 0 Å². The van der Waals surface area contributed by atoms with E-state index in [4.69, 9.17) is 0 Å². The summed E-state index contributed by atoms with van der Waals surface area (Å²) >= 11 is 0. The maximum absolute atomic E-state index is 11.0. The molecule has 1 aliphatic rings. The van der Waals surface area contributed by atoms with Gasteiger partial charge >= 0.3 is 0 Å². The molecule has 76 valence electrons. The second-order valence-corrected chi connectivity index (χ2v) is 3.57. The minimum Gasteiger partial charge on any atom is -0.354 e. The van der Waals surface area contributed by atoms with Crippen LogP contribution in [0, 0.1) is 0 Å². The topological polar surface area (TPSA) is 52.2 Å². The van der Waals surface area contributed by atoms with Crippen LogP contribution < -0.4 is 10.5 Å². The van der Waals surface area contributed by atoms with Gasteiger partial charge in [0.25, 0.3) is 5.56 Å². The first kappa shape index (κ1) is 9.21. The molecule has 14 heavy (non-hydrogen) atoms. The van der Waals surface area contributed by atoms with E-state index in [2.05, 4.69) is 26.8 Å². The molecule has 0 saturated carbocycles. The molecule has 1 fully saturated rings. The van der Waals surface area contributed by atoms with Crippen molar-refractivity contribution in [1.82, 2.24) is 14.9 Å². The van der Waals surface area contributed by atoms with E-state index in [9.17, 15) is 4.79 Å². The largest absolute Gasteiger partial charge is 0.354 e. The lowest BCUT2D eigenvalue weighted by molar-refractivity contribution is 0.312. The molecular formula is C9H14N4O. The summed E-state index contributed by atoms with van der Waals surface area (Å²) in [5.41, 5.74) is -0.138. The van der Waals surface area contributed by atoms with Crippen molar-refractivity contribution in [1.29, 1.82) is 0 Å². The zero-order valence-corrected chi connectivity index (χ0v) is 8.23. The highest BCUT2D eigenvalue weighted by atomic mass is 16.1. The Labute approximate surface area is 82.4 Å². The molecular weight excluding hydrogens is 180 g/mol. The van der Waals surface area contributed by atoms with Gasteiger partial charge in [0, 0.05) is 26.2 Å². The number of nitrogens with one attached hydrogen (secondary N) is 1. The number of likely N-dealkylation sites (N-methyl/N-ethyl adjacent to an activating group) is 1. The average molecular weight is 194 g/mol. The molecule has 0 aromatic carbocycles. The predicted molar refractivity (Wildman–Crippen MR) is 54.6 cm³/mol. The zero-order chi connectivity index (χ0) is 9.97. The summed E-state index contributed by atoms with van der Waals surface area (Å²) in [6.07, 6.45) is 2.99. The number of hydrogen-bond acceptors (Lipinski definition) is 4. The van der Waals surface area contributed by atoms with Gasteiger partial charge in [0.05, 0.1) is 12.4 Å². The van der Waals surface area contributed by atoms with Gasteiger partial charge in [-0.05, 0) is 7.05 Å². The second kappa shape index (κ2) is 3.79. The number of nitrogens with zero attached hydrogens (tertiary/aromatic N) is 3. The molecule has 2 rings (SSSR count). The zero-order valence-electron chi connectivity index (χ0n) is 8.23. The normalized spacial score (nSPS) is 18.5. The highest BCUT2D eigenvalue weighted by Crippen LogP contribution is 2.08. The Kier molecular flexibility index (Phi) is 2.49. The number of H-pyrrole nitrogens is 1. The van der Waals surface area contributed by atoms with Crippen LogP contribution in [0.2, 0.25) is 0 Å². The van der Waals surface area contributed by atoms with E-state index in [1.807, 2.05) is 0 Å². The van der Waals surface area contributed by atoms with E-state index in [0.717, 1.165) is 32.0 Å². The summed E-state index contributed by atoms with van der Waals surface area (Å²) in [6, 6.07) is 0. The molecule has 0 spiro atoms.